The minimum Gasteiger partial charge on any atom is -0.480 e. The first-order chi connectivity index (χ1) is 13.1. The summed E-state index contributed by atoms with van der Waals surface area (Å²) in [5.74, 6) is -1.60. The Labute approximate surface area is 170 Å². The van der Waals surface area contributed by atoms with E-state index in [0.29, 0.717) is 45.2 Å². The average molecular weight is 415 g/mol. The Morgan fingerprint density at radius 1 is 1.39 bits per heavy atom. The highest BCUT2D eigenvalue weighted by molar-refractivity contribution is 6.40. The molecule has 1 aromatic rings. The fourth-order valence-electron chi connectivity index (χ4n) is 4.02. The molecule has 1 aliphatic rings. The summed E-state index contributed by atoms with van der Waals surface area (Å²) in [7, 11) is -1.37. The van der Waals surface area contributed by atoms with Gasteiger partial charge in [0.15, 0.2) is 0 Å². The van der Waals surface area contributed by atoms with Gasteiger partial charge in [-0.05, 0) is 69.2 Å². The molecule has 2 atom stereocenters. The lowest BCUT2D eigenvalue weighted by molar-refractivity contribution is -0.147. The fourth-order valence-corrected chi connectivity index (χ4v) is 4.20. The predicted octanol–water partition coefficient (Wildman–Crippen LogP) is 2.68. The Morgan fingerprint density at radius 3 is 2.57 bits per heavy atom. The first-order valence-corrected chi connectivity index (χ1v) is 10.1. The van der Waals surface area contributed by atoms with Gasteiger partial charge in [0, 0.05) is 6.04 Å². The van der Waals surface area contributed by atoms with Crippen LogP contribution in [0.2, 0.25) is 11.3 Å². The first kappa shape index (κ1) is 23.1. The largest absolute Gasteiger partial charge is 0.480 e. The molecule has 0 amide bonds. The van der Waals surface area contributed by atoms with E-state index in [2.05, 4.69) is 4.90 Å². The number of carbonyl (C=O) groups is 1. The summed E-state index contributed by atoms with van der Waals surface area (Å²) in [4.78, 5) is 14.1. The molecule has 28 heavy (non-hydrogen) atoms. The summed E-state index contributed by atoms with van der Waals surface area (Å²) in [5, 5.41) is 27.7. The van der Waals surface area contributed by atoms with Gasteiger partial charge in [0.25, 0.3) is 0 Å². The number of halogens is 2. The molecule has 5 N–H and O–H groups in total. The second-order valence-electron chi connectivity index (χ2n) is 7.73. The Bertz CT molecular complexity index is 673. The molecule has 1 saturated heterocycles. The lowest BCUT2D eigenvalue weighted by Crippen LogP contribution is -2.57. The van der Waals surface area contributed by atoms with E-state index in [1.807, 2.05) is 6.92 Å². The van der Waals surface area contributed by atoms with Crippen molar-refractivity contribution in [1.82, 2.24) is 4.90 Å². The molecule has 1 heterocycles. The maximum absolute atomic E-state index is 13.4. The average Bonchev–Trinajstić information content (AvgIpc) is 2.66. The van der Waals surface area contributed by atoms with Crippen LogP contribution in [0.25, 0.3) is 0 Å². The van der Waals surface area contributed by atoms with Crippen molar-refractivity contribution >= 4 is 24.7 Å². The second-order valence-corrected chi connectivity index (χ2v) is 8.14. The molecule has 2 rings (SSSR count). The zero-order valence-electron chi connectivity index (χ0n) is 16.2. The van der Waals surface area contributed by atoms with Crippen LogP contribution in [-0.2, 0) is 4.79 Å². The Morgan fingerprint density at radius 2 is 2.04 bits per heavy atom. The molecule has 0 saturated carbocycles. The van der Waals surface area contributed by atoms with Crippen molar-refractivity contribution in [2.24, 2.45) is 11.7 Å². The van der Waals surface area contributed by atoms with Crippen LogP contribution in [-0.4, -0.2) is 51.8 Å². The smallest absolute Gasteiger partial charge is 0.451 e. The molecular formula is C19H29BClFN2O4. The number of rotatable bonds is 9. The van der Waals surface area contributed by atoms with Crippen molar-refractivity contribution < 1.29 is 24.3 Å². The number of aliphatic carboxylic acids is 1. The molecule has 0 radical (unpaired) electrons. The summed E-state index contributed by atoms with van der Waals surface area (Å²) in [5.41, 5.74) is 5.91. The summed E-state index contributed by atoms with van der Waals surface area (Å²) >= 11 is 5.89. The third-order valence-corrected chi connectivity index (χ3v) is 6.22. The summed E-state index contributed by atoms with van der Waals surface area (Å²) in [6.45, 7) is 3.42. The monoisotopic (exact) mass is 414 g/mol. The number of nitrogens with zero attached hydrogens (tertiary/aromatic N) is 1. The normalized spacial score (nSPS) is 19.2. The van der Waals surface area contributed by atoms with E-state index in [4.69, 9.17) is 27.4 Å². The Hall–Kier alpha value is -1.19. The standard InChI is InChI=1S/C19H29BClFN2O4/c1-13(14-4-5-17(22)16(21)12-14)24-10-6-15(7-11-24)19(23,18(25)26)8-2-3-9-20(27)28/h4-5,12-13,15,27-28H,2-3,6-11,23H2,1H3,(H,25,26). The van der Waals surface area contributed by atoms with Crippen LogP contribution in [0.1, 0.15) is 50.6 Å². The van der Waals surface area contributed by atoms with Crippen LogP contribution >= 0.6 is 11.6 Å². The van der Waals surface area contributed by atoms with E-state index in [1.54, 1.807) is 12.1 Å². The Kier molecular flexibility index (Phi) is 8.27. The van der Waals surface area contributed by atoms with Crippen molar-refractivity contribution in [3.8, 4) is 0 Å². The number of unbranched alkanes of at least 4 members (excludes halogenated alkanes) is 1. The van der Waals surface area contributed by atoms with Gasteiger partial charge >= 0.3 is 13.1 Å². The SMILES string of the molecule is CC(c1ccc(F)c(Cl)c1)N1CCC(C(N)(CCCCB(O)O)C(=O)O)CC1. The fraction of sp³-hybridized carbons (Fsp3) is 0.632. The van der Waals surface area contributed by atoms with Crippen molar-refractivity contribution in [1.29, 1.82) is 0 Å². The minimum absolute atomic E-state index is 0.0436. The van der Waals surface area contributed by atoms with Gasteiger partial charge in [0.1, 0.15) is 11.4 Å². The van der Waals surface area contributed by atoms with Crippen LogP contribution in [0.15, 0.2) is 18.2 Å². The molecule has 6 nitrogen and oxygen atoms in total. The summed E-state index contributed by atoms with van der Waals surface area (Å²) < 4.78 is 13.4. The molecule has 0 aliphatic carbocycles. The van der Waals surface area contributed by atoms with Gasteiger partial charge in [-0.2, -0.15) is 0 Å². The van der Waals surface area contributed by atoms with E-state index < -0.39 is 24.4 Å². The van der Waals surface area contributed by atoms with Crippen LogP contribution in [0.4, 0.5) is 4.39 Å². The number of hydrogen-bond donors (Lipinski definition) is 4. The van der Waals surface area contributed by atoms with Crippen molar-refractivity contribution in [3.63, 3.8) is 0 Å². The number of piperidine rings is 1. The van der Waals surface area contributed by atoms with Gasteiger partial charge in [-0.25, -0.2) is 4.39 Å². The molecule has 0 spiro atoms. The van der Waals surface area contributed by atoms with Crippen molar-refractivity contribution in [2.45, 2.75) is 56.9 Å². The minimum atomic E-state index is -1.37. The zero-order valence-corrected chi connectivity index (χ0v) is 16.9. The van der Waals surface area contributed by atoms with Crippen LogP contribution in [0, 0.1) is 11.7 Å². The first-order valence-electron chi connectivity index (χ1n) is 9.72. The van der Waals surface area contributed by atoms with Crippen molar-refractivity contribution in [2.75, 3.05) is 13.1 Å². The van der Waals surface area contributed by atoms with E-state index >= 15 is 0 Å². The second kappa shape index (κ2) is 10.0. The number of likely N-dealkylation sites (tertiary alicyclic amines) is 1. The van der Waals surface area contributed by atoms with Crippen LogP contribution < -0.4 is 5.73 Å². The molecule has 0 aromatic heterocycles. The van der Waals surface area contributed by atoms with Crippen LogP contribution in [0.5, 0.6) is 0 Å². The van der Waals surface area contributed by atoms with E-state index in [0.717, 1.165) is 5.56 Å². The number of nitrogens with two attached hydrogens (primary N) is 1. The lowest BCUT2D eigenvalue weighted by Gasteiger charge is -2.42. The topological polar surface area (TPSA) is 107 Å². The maximum Gasteiger partial charge on any atom is 0.451 e. The number of carboxylic acids is 1. The molecule has 9 heteroatoms. The molecule has 0 bridgehead atoms. The lowest BCUT2D eigenvalue weighted by atomic mass is 9.74. The number of carboxylic acid groups (broad SMARTS) is 1. The molecular weight excluding hydrogens is 385 g/mol. The molecule has 2 unspecified atom stereocenters. The van der Waals surface area contributed by atoms with Gasteiger partial charge in [-0.1, -0.05) is 30.5 Å². The maximum atomic E-state index is 13.4. The van der Waals surface area contributed by atoms with Gasteiger partial charge in [-0.3, -0.25) is 9.69 Å². The Balaban J connectivity index is 1.95. The van der Waals surface area contributed by atoms with E-state index in [-0.39, 0.29) is 23.3 Å². The quantitative estimate of drug-likeness (QED) is 0.365. The molecule has 1 fully saturated rings. The zero-order chi connectivity index (χ0) is 20.9. The van der Waals surface area contributed by atoms with E-state index in [1.165, 1.54) is 6.07 Å². The molecule has 156 valence electrons. The third-order valence-electron chi connectivity index (χ3n) is 5.93. The highest BCUT2D eigenvalue weighted by Crippen LogP contribution is 2.34. The molecule has 1 aromatic carbocycles. The van der Waals surface area contributed by atoms with Gasteiger partial charge in [-0.15, -0.1) is 0 Å². The summed E-state index contributed by atoms with van der Waals surface area (Å²) in [6, 6.07) is 4.76. The van der Waals surface area contributed by atoms with Gasteiger partial charge in [0.05, 0.1) is 5.02 Å². The highest BCUT2D eigenvalue weighted by Gasteiger charge is 2.43. The number of hydrogen-bond acceptors (Lipinski definition) is 5. The number of benzene rings is 1. The van der Waals surface area contributed by atoms with Gasteiger partial charge in [0.2, 0.25) is 0 Å². The highest BCUT2D eigenvalue weighted by atomic mass is 35.5. The molecule has 1 aliphatic heterocycles. The predicted molar refractivity (Wildman–Crippen MR) is 108 cm³/mol. The summed E-state index contributed by atoms with van der Waals surface area (Å²) in [6.07, 6.45) is 2.89. The van der Waals surface area contributed by atoms with E-state index in [9.17, 15) is 14.3 Å². The third kappa shape index (κ3) is 5.67. The van der Waals surface area contributed by atoms with Gasteiger partial charge < -0.3 is 20.9 Å². The van der Waals surface area contributed by atoms with Crippen LogP contribution in [0.3, 0.4) is 0 Å². The van der Waals surface area contributed by atoms with Crippen molar-refractivity contribution in [3.05, 3.63) is 34.6 Å².